The average molecular weight is 429 g/mol. The van der Waals surface area contributed by atoms with Gasteiger partial charge in [0, 0.05) is 38.9 Å². The molecule has 31 heavy (non-hydrogen) atoms. The number of anilines is 1. The van der Waals surface area contributed by atoms with Gasteiger partial charge < -0.3 is 19.5 Å². The first-order valence-corrected chi connectivity index (χ1v) is 10.5. The minimum absolute atomic E-state index is 0.122. The fourth-order valence-electron chi connectivity index (χ4n) is 4.19. The molecule has 2 aliphatic rings. The molecule has 4 heterocycles. The van der Waals surface area contributed by atoms with E-state index in [2.05, 4.69) is 20.0 Å². The number of benzene rings is 1. The maximum Gasteiger partial charge on any atom is 0.318 e. The van der Waals surface area contributed by atoms with Crippen LogP contribution in [0.15, 0.2) is 18.3 Å². The molecule has 0 aliphatic carbocycles. The van der Waals surface area contributed by atoms with E-state index >= 15 is 0 Å². The second-order valence-electron chi connectivity index (χ2n) is 8.12. The van der Waals surface area contributed by atoms with Gasteiger partial charge in [-0.25, -0.2) is 14.1 Å². The number of rotatable bonds is 4. The van der Waals surface area contributed by atoms with Gasteiger partial charge in [0.1, 0.15) is 18.2 Å². The molecule has 1 unspecified atom stereocenters. The molecule has 0 amide bonds. The highest BCUT2D eigenvalue weighted by molar-refractivity contribution is 5.84. The highest BCUT2D eigenvalue weighted by atomic mass is 19.1. The summed E-state index contributed by atoms with van der Waals surface area (Å²) in [4.78, 5) is 22.9. The maximum absolute atomic E-state index is 14.8. The van der Waals surface area contributed by atoms with E-state index in [4.69, 9.17) is 4.74 Å². The lowest BCUT2D eigenvalue weighted by Gasteiger charge is -2.34. The van der Waals surface area contributed by atoms with Crippen molar-refractivity contribution in [2.24, 2.45) is 0 Å². The Kier molecular flexibility index (Phi) is 5.06. The van der Waals surface area contributed by atoms with Gasteiger partial charge in [0.05, 0.1) is 21.6 Å². The van der Waals surface area contributed by atoms with Crippen molar-refractivity contribution >= 4 is 22.4 Å². The summed E-state index contributed by atoms with van der Waals surface area (Å²) in [5.41, 5.74) is 1.48. The zero-order valence-corrected chi connectivity index (χ0v) is 17.3. The predicted octanol–water partition coefficient (Wildman–Crippen LogP) is 2.92. The summed E-state index contributed by atoms with van der Waals surface area (Å²) in [6.45, 7) is 3.78. The standard InChI is InChI=1S/C20H24FN7O3/c1-25-5-7-26(8-6-25)16-11-15-14(10-13(16)21)22-20(23-15)19-17(28(29)30)12-27(24-19)18-4-2-3-9-31-18/h10-12,18H,2-9H2,1H3,(H,22,23). The monoisotopic (exact) mass is 429 g/mol. The van der Waals surface area contributed by atoms with Crippen molar-refractivity contribution < 1.29 is 14.1 Å². The first kappa shape index (κ1) is 19.9. The van der Waals surface area contributed by atoms with Crippen LogP contribution < -0.4 is 4.90 Å². The summed E-state index contributed by atoms with van der Waals surface area (Å²) >= 11 is 0. The second kappa shape index (κ2) is 7.89. The predicted molar refractivity (Wildman–Crippen MR) is 112 cm³/mol. The van der Waals surface area contributed by atoms with E-state index < -0.39 is 4.92 Å². The quantitative estimate of drug-likeness (QED) is 0.502. The van der Waals surface area contributed by atoms with E-state index in [0.717, 1.165) is 45.4 Å². The summed E-state index contributed by atoms with van der Waals surface area (Å²) in [5, 5.41) is 16.1. The van der Waals surface area contributed by atoms with Crippen LogP contribution in [-0.2, 0) is 4.74 Å². The number of ether oxygens (including phenoxy) is 1. The number of H-pyrrole nitrogens is 1. The van der Waals surface area contributed by atoms with Crippen LogP contribution in [0, 0.1) is 15.9 Å². The van der Waals surface area contributed by atoms with E-state index in [-0.39, 0.29) is 29.3 Å². The van der Waals surface area contributed by atoms with Gasteiger partial charge in [-0.05, 0) is 32.4 Å². The number of imidazole rings is 1. The Bertz CT molecular complexity index is 1110. The minimum atomic E-state index is -0.481. The Morgan fingerprint density at radius 2 is 2.06 bits per heavy atom. The van der Waals surface area contributed by atoms with Gasteiger partial charge in [-0.1, -0.05) is 0 Å². The molecule has 10 nitrogen and oxygen atoms in total. The Morgan fingerprint density at radius 3 is 2.77 bits per heavy atom. The summed E-state index contributed by atoms with van der Waals surface area (Å²) in [6, 6.07) is 3.09. The summed E-state index contributed by atoms with van der Waals surface area (Å²) < 4.78 is 22.0. The summed E-state index contributed by atoms with van der Waals surface area (Å²) in [5.74, 6) is -0.103. The van der Waals surface area contributed by atoms with Gasteiger partial charge in [-0.3, -0.25) is 10.1 Å². The highest BCUT2D eigenvalue weighted by Crippen LogP contribution is 2.33. The largest absolute Gasteiger partial charge is 0.367 e. The molecule has 0 radical (unpaired) electrons. The van der Waals surface area contributed by atoms with Gasteiger partial charge in [-0.15, -0.1) is 0 Å². The third-order valence-electron chi connectivity index (χ3n) is 5.98. The fourth-order valence-corrected chi connectivity index (χ4v) is 4.19. The fraction of sp³-hybridized carbons (Fsp3) is 0.500. The molecule has 0 spiro atoms. The van der Waals surface area contributed by atoms with Crippen molar-refractivity contribution in [2.75, 3.05) is 44.7 Å². The number of hydrogen-bond acceptors (Lipinski definition) is 7. The molecule has 2 aliphatic heterocycles. The second-order valence-corrected chi connectivity index (χ2v) is 8.12. The Balaban J connectivity index is 1.51. The molecule has 0 bridgehead atoms. The Morgan fingerprint density at radius 1 is 1.26 bits per heavy atom. The van der Waals surface area contributed by atoms with Crippen molar-refractivity contribution in [3.63, 3.8) is 0 Å². The molecular formula is C20H24FN7O3. The van der Waals surface area contributed by atoms with Gasteiger partial charge in [-0.2, -0.15) is 5.10 Å². The molecule has 3 aromatic rings. The zero-order valence-electron chi connectivity index (χ0n) is 17.3. The smallest absolute Gasteiger partial charge is 0.318 e. The lowest BCUT2D eigenvalue weighted by atomic mass is 10.2. The molecule has 164 valence electrons. The van der Waals surface area contributed by atoms with E-state index in [1.165, 1.54) is 16.9 Å². The van der Waals surface area contributed by atoms with E-state index in [1.807, 2.05) is 11.9 Å². The average Bonchev–Trinajstić information content (AvgIpc) is 3.38. The van der Waals surface area contributed by atoms with Crippen molar-refractivity contribution in [1.29, 1.82) is 0 Å². The number of hydrogen-bond donors (Lipinski definition) is 1. The van der Waals surface area contributed by atoms with Crippen molar-refractivity contribution in [3.05, 3.63) is 34.3 Å². The molecule has 5 rings (SSSR count). The van der Waals surface area contributed by atoms with Crippen LogP contribution in [0.1, 0.15) is 25.5 Å². The third kappa shape index (κ3) is 3.74. The number of piperazine rings is 1. The van der Waals surface area contributed by atoms with Crippen LogP contribution in [0.3, 0.4) is 0 Å². The number of halogens is 1. The van der Waals surface area contributed by atoms with E-state index in [1.54, 1.807) is 6.07 Å². The van der Waals surface area contributed by atoms with Crippen LogP contribution >= 0.6 is 0 Å². The molecule has 1 aromatic carbocycles. The van der Waals surface area contributed by atoms with E-state index in [9.17, 15) is 14.5 Å². The first-order valence-electron chi connectivity index (χ1n) is 10.5. The SMILES string of the molecule is CN1CCN(c2cc3nc(-c4nn(C5CCCCO5)cc4[N+](=O)[O-])[nH]c3cc2F)CC1. The molecular weight excluding hydrogens is 405 g/mol. The minimum Gasteiger partial charge on any atom is -0.367 e. The number of aromatic nitrogens is 4. The van der Waals surface area contributed by atoms with Gasteiger partial charge >= 0.3 is 5.69 Å². The lowest BCUT2D eigenvalue weighted by Crippen LogP contribution is -2.44. The maximum atomic E-state index is 14.8. The topological polar surface area (TPSA) is 105 Å². The van der Waals surface area contributed by atoms with Gasteiger partial charge in [0.2, 0.25) is 5.69 Å². The van der Waals surface area contributed by atoms with Crippen LogP contribution in [0.5, 0.6) is 0 Å². The first-order chi connectivity index (χ1) is 15.0. The lowest BCUT2D eigenvalue weighted by molar-refractivity contribution is -0.384. The van der Waals surface area contributed by atoms with E-state index in [0.29, 0.717) is 23.3 Å². The number of fused-ring (bicyclic) bond motifs is 1. The Labute approximate surface area is 177 Å². The number of nitro groups is 1. The zero-order chi connectivity index (χ0) is 21.5. The number of nitrogens with one attached hydrogen (secondary N) is 1. The van der Waals surface area contributed by atoms with Gasteiger partial charge in [0.25, 0.3) is 0 Å². The molecule has 2 aromatic heterocycles. The summed E-state index contributed by atoms with van der Waals surface area (Å²) in [7, 11) is 2.04. The molecule has 11 heteroatoms. The molecule has 0 saturated carbocycles. The Hall–Kier alpha value is -3.05. The molecule has 1 atom stereocenters. The van der Waals surface area contributed by atoms with Crippen LogP contribution in [0.4, 0.5) is 15.8 Å². The van der Waals surface area contributed by atoms with Gasteiger partial charge in [0.15, 0.2) is 5.82 Å². The normalized spacial score (nSPS) is 20.5. The molecule has 1 N–H and O–H groups in total. The number of aromatic amines is 1. The highest BCUT2D eigenvalue weighted by Gasteiger charge is 2.28. The van der Waals surface area contributed by atoms with Crippen molar-refractivity contribution in [1.82, 2.24) is 24.6 Å². The summed E-state index contributed by atoms with van der Waals surface area (Å²) in [6.07, 6.45) is 3.75. The number of nitrogens with zero attached hydrogens (tertiary/aromatic N) is 6. The molecule has 2 fully saturated rings. The van der Waals surface area contributed by atoms with Crippen LogP contribution in [-0.4, -0.2) is 69.4 Å². The van der Waals surface area contributed by atoms with Crippen molar-refractivity contribution in [3.8, 4) is 11.5 Å². The third-order valence-corrected chi connectivity index (χ3v) is 5.98. The molecule has 2 saturated heterocycles. The van der Waals surface area contributed by atoms with Crippen LogP contribution in [0.2, 0.25) is 0 Å². The van der Waals surface area contributed by atoms with Crippen LogP contribution in [0.25, 0.3) is 22.6 Å². The van der Waals surface area contributed by atoms with Crippen molar-refractivity contribution in [2.45, 2.75) is 25.5 Å². The number of likely N-dealkylation sites (N-methyl/N-ethyl adjacent to an activating group) is 1.